The SMILES string of the molecule is N#CCc1c(Cl)cncc1-c1cc(Cl)ccc1Cl. The third-order valence-electron chi connectivity index (χ3n) is 2.48. The van der Waals surface area contributed by atoms with Gasteiger partial charge in [-0.1, -0.05) is 34.8 Å². The third-order valence-corrected chi connectivity index (χ3v) is 3.37. The molecular weight excluding hydrogens is 291 g/mol. The molecular formula is C13H7Cl3N2. The fourth-order valence-electron chi connectivity index (χ4n) is 1.66. The Morgan fingerprint density at radius 3 is 2.56 bits per heavy atom. The molecule has 2 nitrogen and oxygen atoms in total. The maximum atomic E-state index is 8.85. The first kappa shape index (κ1) is 13.2. The standard InChI is InChI=1S/C13H7Cl3N2/c14-8-1-2-12(15)10(5-8)11-6-18-7-13(16)9(11)3-4-17/h1-2,5-7H,3H2. The number of hydrogen-bond acceptors (Lipinski definition) is 2. The summed E-state index contributed by atoms with van der Waals surface area (Å²) < 4.78 is 0. The molecule has 1 aromatic heterocycles. The van der Waals surface area contributed by atoms with Crippen molar-refractivity contribution in [2.24, 2.45) is 0 Å². The lowest BCUT2D eigenvalue weighted by atomic mass is 10.0. The van der Waals surface area contributed by atoms with Gasteiger partial charge in [0.05, 0.1) is 17.5 Å². The zero-order valence-electron chi connectivity index (χ0n) is 9.12. The Kier molecular flexibility index (Phi) is 4.08. The van der Waals surface area contributed by atoms with Crippen LogP contribution in [0.1, 0.15) is 5.56 Å². The summed E-state index contributed by atoms with van der Waals surface area (Å²) in [6.45, 7) is 0. The first-order valence-electron chi connectivity index (χ1n) is 5.08. The number of pyridine rings is 1. The summed E-state index contributed by atoms with van der Waals surface area (Å²) in [4.78, 5) is 4.03. The molecule has 0 bridgehead atoms. The van der Waals surface area contributed by atoms with Crippen LogP contribution in [0, 0.1) is 11.3 Å². The number of hydrogen-bond donors (Lipinski definition) is 0. The van der Waals surface area contributed by atoms with Gasteiger partial charge in [0.1, 0.15) is 0 Å². The molecule has 90 valence electrons. The Hall–Kier alpha value is -1.27. The first-order chi connectivity index (χ1) is 8.63. The zero-order chi connectivity index (χ0) is 13.1. The van der Waals surface area contributed by atoms with Gasteiger partial charge in [-0.2, -0.15) is 5.26 Å². The lowest BCUT2D eigenvalue weighted by molar-refractivity contribution is 1.21. The molecule has 0 fully saturated rings. The summed E-state index contributed by atoms with van der Waals surface area (Å²) in [5.41, 5.74) is 2.17. The van der Waals surface area contributed by atoms with E-state index in [1.54, 1.807) is 24.4 Å². The van der Waals surface area contributed by atoms with Gasteiger partial charge in [0.15, 0.2) is 0 Å². The average molecular weight is 298 g/mol. The van der Waals surface area contributed by atoms with Gasteiger partial charge in [-0.15, -0.1) is 0 Å². The molecule has 1 aromatic carbocycles. The quantitative estimate of drug-likeness (QED) is 0.800. The Labute approximate surface area is 120 Å². The van der Waals surface area contributed by atoms with E-state index < -0.39 is 0 Å². The number of nitriles is 1. The second-order valence-electron chi connectivity index (χ2n) is 3.61. The van der Waals surface area contributed by atoms with Crippen LogP contribution in [-0.2, 0) is 6.42 Å². The van der Waals surface area contributed by atoms with E-state index in [2.05, 4.69) is 11.1 Å². The van der Waals surface area contributed by atoms with Gasteiger partial charge in [-0.3, -0.25) is 4.98 Å². The van der Waals surface area contributed by atoms with Crippen LogP contribution in [0.15, 0.2) is 30.6 Å². The average Bonchev–Trinajstić information content (AvgIpc) is 2.35. The number of benzene rings is 1. The summed E-state index contributed by atoms with van der Waals surface area (Å²) in [5, 5.41) is 10.4. The van der Waals surface area contributed by atoms with E-state index >= 15 is 0 Å². The fourth-order valence-corrected chi connectivity index (χ4v) is 2.27. The van der Waals surface area contributed by atoms with Crippen LogP contribution in [0.25, 0.3) is 11.1 Å². The molecule has 0 atom stereocenters. The number of nitrogens with zero attached hydrogens (tertiary/aromatic N) is 2. The van der Waals surface area contributed by atoms with Crippen molar-refractivity contribution < 1.29 is 0 Å². The maximum Gasteiger partial charge on any atom is 0.0670 e. The van der Waals surface area contributed by atoms with Crippen LogP contribution in [0.5, 0.6) is 0 Å². The summed E-state index contributed by atoms with van der Waals surface area (Å²) in [6.07, 6.45) is 3.34. The van der Waals surface area contributed by atoms with E-state index in [0.29, 0.717) is 20.6 Å². The Balaban J connectivity index is 2.67. The second kappa shape index (κ2) is 5.58. The van der Waals surface area contributed by atoms with Crippen molar-refractivity contribution in [3.63, 3.8) is 0 Å². The molecule has 18 heavy (non-hydrogen) atoms. The van der Waals surface area contributed by atoms with Crippen LogP contribution in [0.3, 0.4) is 0 Å². The zero-order valence-corrected chi connectivity index (χ0v) is 11.4. The minimum absolute atomic E-state index is 0.194. The van der Waals surface area contributed by atoms with Crippen LogP contribution in [0.2, 0.25) is 15.1 Å². The van der Waals surface area contributed by atoms with Crippen molar-refractivity contribution in [1.29, 1.82) is 5.26 Å². The molecule has 0 unspecified atom stereocenters. The van der Waals surface area contributed by atoms with Crippen molar-refractivity contribution in [2.45, 2.75) is 6.42 Å². The van der Waals surface area contributed by atoms with Crippen molar-refractivity contribution >= 4 is 34.8 Å². The fraction of sp³-hybridized carbons (Fsp3) is 0.0769. The maximum absolute atomic E-state index is 8.85. The number of rotatable bonds is 2. The largest absolute Gasteiger partial charge is 0.263 e. The molecule has 0 saturated carbocycles. The van der Waals surface area contributed by atoms with Crippen molar-refractivity contribution in [3.05, 3.63) is 51.2 Å². The highest BCUT2D eigenvalue weighted by Crippen LogP contribution is 2.34. The molecule has 0 spiro atoms. The van der Waals surface area contributed by atoms with Gasteiger partial charge in [0.2, 0.25) is 0 Å². The smallest absolute Gasteiger partial charge is 0.0670 e. The van der Waals surface area contributed by atoms with E-state index in [1.807, 2.05) is 0 Å². The molecule has 0 radical (unpaired) electrons. The van der Waals surface area contributed by atoms with Crippen LogP contribution < -0.4 is 0 Å². The van der Waals surface area contributed by atoms with Gasteiger partial charge in [0, 0.05) is 33.6 Å². The Bertz CT molecular complexity index is 633. The second-order valence-corrected chi connectivity index (χ2v) is 4.86. The topological polar surface area (TPSA) is 36.7 Å². The molecule has 0 aliphatic carbocycles. The summed E-state index contributed by atoms with van der Waals surface area (Å²) >= 11 is 18.2. The predicted octanol–water partition coefficient (Wildman–Crippen LogP) is 4.77. The predicted molar refractivity (Wildman–Crippen MR) is 74.0 cm³/mol. The van der Waals surface area contributed by atoms with E-state index in [9.17, 15) is 0 Å². The first-order valence-corrected chi connectivity index (χ1v) is 6.21. The molecule has 2 aromatic rings. The lowest BCUT2D eigenvalue weighted by Gasteiger charge is -2.10. The highest BCUT2D eigenvalue weighted by atomic mass is 35.5. The summed E-state index contributed by atoms with van der Waals surface area (Å²) in [7, 11) is 0. The van der Waals surface area contributed by atoms with Gasteiger partial charge in [-0.25, -0.2) is 0 Å². The van der Waals surface area contributed by atoms with E-state index in [4.69, 9.17) is 40.1 Å². The van der Waals surface area contributed by atoms with Crippen LogP contribution in [0.4, 0.5) is 0 Å². The molecule has 0 amide bonds. The van der Waals surface area contributed by atoms with Crippen LogP contribution >= 0.6 is 34.8 Å². The highest BCUT2D eigenvalue weighted by molar-refractivity contribution is 6.35. The van der Waals surface area contributed by atoms with E-state index in [0.717, 1.165) is 11.1 Å². The van der Waals surface area contributed by atoms with E-state index in [-0.39, 0.29) is 6.42 Å². The van der Waals surface area contributed by atoms with Crippen molar-refractivity contribution in [2.75, 3.05) is 0 Å². The molecule has 2 rings (SSSR count). The molecule has 0 saturated heterocycles. The summed E-state index contributed by atoms with van der Waals surface area (Å²) in [6, 6.07) is 7.22. The highest BCUT2D eigenvalue weighted by Gasteiger charge is 2.12. The van der Waals surface area contributed by atoms with Crippen molar-refractivity contribution in [3.8, 4) is 17.2 Å². The van der Waals surface area contributed by atoms with Gasteiger partial charge in [-0.05, 0) is 23.8 Å². The minimum atomic E-state index is 0.194. The minimum Gasteiger partial charge on any atom is -0.263 e. The summed E-state index contributed by atoms with van der Waals surface area (Å²) in [5.74, 6) is 0. The van der Waals surface area contributed by atoms with Gasteiger partial charge < -0.3 is 0 Å². The normalized spacial score (nSPS) is 10.1. The van der Waals surface area contributed by atoms with Gasteiger partial charge >= 0.3 is 0 Å². The number of aromatic nitrogens is 1. The monoisotopic (exact) mass is 296 g/mol. The van der Waals surface area contributed by atoms with Gasteiger partial charge in [0.25, 0.3) is 0 Å². The lowest BCUT2D eigenvalue weighted by Crippen LogP contribution is -1.92. The number of halogens is 3. The molecule has 5 heteroatoms. The Morgan fingerprint density at radius 2 is 1.83 bits per heavy atom. The van der Waals surface area contributed by atoms with Crippen LogP contribution in [-0.4, -0.2) is 4.98 Å². The molecule has 0 aliphatic rings. The molecule has 1 heterocycles. The van der Waals surface area contributed by atoms with E-state index in [1.165, 1.54) is 6.20 Å². The molecule has 0 N–H and O–H groups in total. The Morgan fingerprint density at radius 1 is 1.06 bits per heavy atom. The van der Waals surface area contributed by atoms with Crippen molar-refractivity contribution in [1.82, 2.24) is 4.98 Å². The molecule has 0 aliphatic heterocycles. The third kappa shape index (κ3) is 2.59.